The maximum atomic E-state index is 5.82. The van der Waals surface area contributed by atoms with Crippen LogP contribution >= 0.6 is 11.3 Å². The van der Waals surface area contributed by atoms with Crippen LogP contribution in [0.2, 0.25) is 0 Å². The summed E-state index contributed by atoms with van der Waals surface area (Å²) in [6.45, 7) is 0.794. The maximum absolute atomic E-state index is 5.82. The van der Waals surface area contributed by atoms with Crippen molar-refractivity contribution in [3.8, 4) is 22.8 Å². The highest BCUT2D eigenvalue weighted by molar-refractivity contribution is 7.08. The highest BCUT2D eigenvalue weighted by Crippen LogP contribution is 2.22. The Labute approximate surface area is 144 Å². The third-order valence-electron chi connectivity index (χ3n) is 3.72. The fourth-order valence-corrected chi connectivity index (χ4v) is 3.15. The summed E-state index contributed by atoms with van der Waals surface area (Å²) in [5.74, 6) is 1.69. The first-order valence-electron chi connectivity index (χ1n) is 7.73. The van der Waals surface area contributed by atoms with Crippen LogP contribution in [0.15, 0.2) is 83.9 Å². The molecule has 0 unspecified atom stereocenters. The number of thiophene rings is 1. The zero-order valence-corrected chi connectivity index (χ0v) is 13.8. The first kappa shape index (κ1) is 14.7. The lowest BCUT2D eigenvalue weighted by Crippen LogP contribution is -1.96. The van der Waals surface area contributed by atoms with Crippen LogP contribution in [0, 0.1) is 0 Å². The topological polar surface area (TPSA) is 27.1 Å². The van der Waals surface area contributed by atoms with Crippen LogP contribution in [0.5, 0.6) is 11.5 Å². The van der Waals surface area contributed by atoms with Crippen molar-refractivity contribution in [3.63, 3.8) is 0 Å². The average molecular weight is 332 g/mol. The Balaban J connectivity index is 1.44. The Kier molecular flexibility index (Phi) is 4.13. The van der Waals surface area contributed by atoms with Crippen molar-refractivity contribution in [1.29, 1.82) is 0 Å². The van der Waals surface area contributed by atoms with E-state index in [1.54, 1.807) is 11.3 Å². The monoisotopic (exact) mass is 332 g/mol. The molecule has 4 heteroatoms. The minimum absolute atomic E-state index is 0.794. The zero-order chi connectivity index (χ0) is 16.2. The molecule has 2 aromatic heterocycles. The molecule has 0 saturated heterocycles. The lowest BCUT2D eigenvalue weighted by molar-refractivity contribution is 0.482. The molecule has 4 rings (SSSR count). The van der Waals surface area contributed by atoms with Gasteiger partial charge in [-0.25, -0.2) is 4.98 Å². The van der Waals surface area contributed by atoms with Gasteiger partial charge in [0.2, 0.25) is 0 Å². The second-order valence-corrected chi connectivity index (χ2v) is 6.28. The van der Waals surface area contributed by atoms with E-state index in [1.807, 2.05) is 48.8 Å². The molecular weight excluding hydrogens is 316 g/mol. The molecule has 0 amide bonds. The molecule has 0 aliphatic heterocycles. The summed E-state index contributed by atoms with van der Waals surface area (Å²) in [6, 6.07) is 20.1. The van der Waals surface area contributed by atoms with Gasteiger partial charge in [-0.1, -0.05) is 30.3 Å². The van der Waals surface area contributed by atoms with Gasteiger partial charge in [0.05, 0.1) is 12.0 Å². The van der Waals surface area contributed by atoms with Crippen molar-refractivity contribution in [2.75, 3.05) is 0 Å². The van der Waals surface area contributed by atoms with Gasteiger partial charge in [0.15, 0.2) is 0 Å². The molecular formula is C20H16N2OS. The van der Waals surface area contributed by atoms with Crippen LogP contribution in [-0.2, 0) is 6.54 Å². The fourth-order valence-electron chi connectivity index (χ4n) is 2.50. The standard InChI is InChI=1S/C20H16N2OS/c1-2-4-18(5-3-1)23-19-8-6-16(7-9-19)12-22-13-20(21-15-22)17-10-11-24-14-17/h1-11,13-15H,12H2. The third-order valence-corrected chi connectivity index (χ3v) is 4.40. The number of ether oxygens (including phenoxy) is 1. The van der Waals surface area contributed by atoms with Gasteiger partial charge >= 0.3 is 0 Å². The van der Waals surface area contributed by atoms with Crippen molar-refractivity contribution in [3.05, 3.63) is 89.5 Å². The number of aromatic nitrogens is 2. The molecule has 0 aliphatic carbocycles. The van der Waals surface area contributed by atoms with Crippen LogP contribution < -0.4 is 4.74 Å². The summed E-state index contributed by atoms with van der Waals surface area (Å²) in [4.78, 5) is 4.47. The predicted molar refractivity (Wildman–Crippen MR) is 97.6 cm³/mol. The van der Waals surface area contributed by atoms with Gasteiger partial charge in [0.1, 0.15) is 11.5 Å². The minimum Gasteiger partial charge on any atom is -0.457 e. The molecule has 24 heavy (non-hydrogen) atoms. The van der Waals surface area contributed by atoms with Crippen LogP contribution in [-0.4, -0.2) is 9.55 Å². The van der Waals surface area contributed by atoms with Crippen LogP contribution in [0.25, 0.3) is 11.3 Å². The van der Waals surface area contributed by atoms with E-state index in [2.05, 4.69) is 44.7 Å². The van der Waals surface area contributed by atoms with Gasteiger partial charge in [-0.2, -0.15) is 11.3 Å². The van der Waals surface area contributed by atoms with E-state index in [0.717, 1.165) is 23.7 Å². The second-order valence-electron chi connectivity index (χ2n) is 5.50. The molecule has 0 saturated carbocycles. The average Bonchev–Trinajstić information content (AvgIpc) is 3.29. The summed E-state index contributed by atoms with van der Waals surface area (Å²) in [6.07, 6.45) is 3.96. The Morgan fingerprint density at radius 1 is 0.917 bits per heavy atom. The van der Waals surface area contributed by atoms with Crippen LogP contribution in [0.4, 0.5) is 0 Å². The normalized spacial score (nSPS) is 10.7. The molecule has 0 bridgehead atoms. The Bertz CT molecular complexity index is 896. The predicted octanol–water partition coefficient (Wildman–Crippen LogP) is 5.45. The molecule has 2 heterocycles. The largest absolute Gasteiger partial charge is 0.457 e. The summed E-state index contributed by atoms with van der Waals surface area (Å²) < 4.78 is 7.92. The van der Waals surface area contributed by atoms with Crippen molar-refractivity contribution in [2.24, 2.45) is 0 Å². The Hall–Kier alpha value is -2.85. The molecule has 3 nitrogen and oxygen atoms in total. The number of nitrogens with zero attached hydrogens (tertiary/aromatic N) is 2. The first-order valence-corrected chi connectivity index (χ1v) is 8.67. The molecule has 0 aliphatic rings. The summed E-state index contributed by atoms with van der Waals surface area (Å²) >= 11 is 1.69. The molecule has 0 atom stereocenters. The minimum atomic E-state index is 0.794. The third kappa shape index (κ3) is 3.39. The van der Waals surface area contributed by atoms with Gasteiger partial charge in [-0.3, -0.25) is 0 Å². The molecule has 0 fully saturated rings. The highest BCUT2D eigenvalue weighted by Gasteiger charge is 2.03. The van der Waals surface area contributed by atoms with Crippen molar-refractivity contribution >= 4 is 11.3 Å². The maximum Gasteiger partial charge on any atom is 0.127 e. The highest BCUT2D eigenvalue weighted by atomic mass is 32.1. The zero-order valence-electron chi connectivity index (χ0n) is 13.0. The summed E-state index contributed by atoms with van der Waals surface area (Å²) in [5, 5.41) is 4.18. The van der Waals surface area contributed by atoms with Crippen LogP contribution in [0.3, 0.4) is 0 Å². The van der Waals surface area contributed by atoms with E-state index in [-0.39, 0.29) is 0 Å². The van der Waals surface area contributed by atoms with E-state index in [1.165, 1.54) is 11.1 Å². The lowest BCUT2D eigenvalue weighted by Gasteiger charge is -2.07. The van der Waals surface area contributed by atoms with Crippen LogP contribution in [0.1, 0.15) is 5.56 Å². The molecule has 0 radical (unpaired) electrons. The summed E-state index contributed by atoms with van der Waals surface area (Å²) in [7, 11) is 0. The van der Waals surface area contributed by atoms with Gasteiger partial charge < -0.3 is 9.30 Å². The SMILES string of the molecule is c1ccc(Oc2ccc(Cn3cnc(-c4ccsc4)c3)cc2)cc1. The van der Waals surface area contributed by atoms with E-state index >= 15 is 0 Å². The van der Waals surface area contributed by atoms with E-state index < -0.39 is 0 Å². The Morgan fingerprint density at radius 2 is 1.71 bits per heavy atom. The molecule has 118 valence electrons. The smallest absolute Gasteiger partial charge is 0.127 e. The van der Waals surface area contributed by atoms with E-state index in [4.69, 9.17) is 4.74 Å². The molecule has 4 aromatic rings. The number of benzene rings is 2. The number of para-hydroxylation sites is 1. The second kappa shape index (κ2) is 6.72. The molecule has 2 aromatic carbocycles. The number of rotatable bonds is 5. The van der Waals surface area contributed by atoms with Crippen molar-refractivity contribution < 1.29 is 4.74 Å². The first-order chi connectivity index (χ1) is 11.9. The van der Waals surface area contributed by atoms with E-state index in [0.29, 0.717) is 0 Å². The van der Waals surface area contributed by atoms with Crippen molar-refractivity contribution in [2.45, 2.75) is 6.54 Å². The quantitative estimate of drug-likeness (QED) is 0.486. The number of hydrogen-bond acceptors (Lipinski definition) is 3. The van der Waals surface area contributed by atoms with Gasteiger partial charge in [-0.15, -0.1) is 0 Å². The van der Waals surface area contributed by atoms with Crippen molar-refractivity contribution in [1.82, 2.24) is 9.55 Å². The lowest BCUT2D eigenvalue weighted by atomic mass is 10.2. The van der Waals surface area contributed by atoms with Gasteiger partial charge in [-0.05, 0) is 41.3 Å². The summed E-state index contributed by atoms with van der Waals surface area (Å²) in [5.41, 5.74) is 3.40. The van der Waals surface area contributed by atoms with Gasteiger partial charge in [0.25, 0.3) is 0 Å². The van der Waals surface area contributed by atoms with E-state index in [9.17, 15) is 0 Å². The molecule has 0 N–H and O–H groups in total. The number of hydrogen-bond donors (Lipinski definition) is 0. The van der Waals surface area contributed by atoms with Gasteiger partial charge in [0, 0.05) is 23.7 Å². The number of imidazole rings is 1. The molecule has 0 spiro atoms. The fraction of sp³-hybridized carbons (Fsp3) is 0.0500. The Morgan fingerprint density at radius 3 is 2.46 bits per heavy atom.